The molecule has 1 fully saturated rings. The molecule has 0 atom stereocenters. The van der Waals surface area contributed by atoms with Gasteiger partial charge in [-0.3, -0.25) is 4.79 Å². The van der Waals surface area contributed by atoms with E-state index in [9.17, 15) is 14.0 Å². The molecule has 1 aromatic carbocycles. The highest BCUT2D eigenvalue weighted by Crippen LogP contribution is 2.17. The molecular weight excluding hydrogens is 355 g/mol. The van der Waals surface area contributed by atoms with Crippen LogP contribution in [-0.2, 0) is 4.74 Å². The predicted molar refractivity (Wildman–Crippen MR) is 83.2 cm³/mol. The number of ether oxygens (including phenoxy) is 1. The Hall–Kier alpha value is -1.63. The first-order chi connectivity index (χ1) is 10.5. The summed E-state index contributed by atoms with van der Waals surface area (Å²) in [5, 5.41) is 2.82. The molecule has 0 spiro atoms. The standard InChI is InChI=1S/C15H18BrFN2O3/c1-2-22-15(21)19-7-5-11(6-8-19)18-14(20)12-9-10(16)3-4-13(12)17/h3-4,9,11H,2,5-8H2,1H3,(H,18,20). The lowest BCUT2D eigenvalue weighted by atomic mass is 10.0. The Balaban J connectivity index is 1.89. The summed E-state index contributed by atoms with van der Waals surface area (Å²) in [6.45, 7) is 3.14. The number of halogens is 2. The van der Waals surface area contributed by atoms with E-state index in [1.165, 1.54) is 12.1 Å². The van der Waals surface area contributed by atoms with Crippen LogP contribution in [0.5, 0.6) is 0 Å². The van der Waals surface area contributed by atoms with Crippen LogP contribution in [0.25, 0.3) is 0 Å². The molecule has 5 nitrogen and oxygen atoms in total. The highest BCUT2D eigenvalue weighted by molar-refractivity contribution is 9.10. The lowest BCUT2D eigenvalue weighted by Crippen LogP contribution is -2.46. The number of benzene rings is 1. The molecule has 1 heterocycles. The molecule has 1 aliphatic heterocycles. The van der Waals surface area contributed by atoms with E-state index >= 15 is 0 Å². The maximum Gasteiger partial charge on any atom is 0.409 e. The first kappa shape index (κ1) is 16.7. The number of nitrogens with one attached hydrogen (secondary N) is 1. The van der Waals surface area contributed by atoms with Gasteiger partial charge in [0.15, 0.2) is 0 Å². The van der Waals surface area contributed by atoms with Crippen LogP contribution in [0, 0.1) is 5.82 Å². The predicted octanol–water partition coefficient (Wildman–Crippen LogP) is 2.94. The van der Waals surface area contributed by atoms with Crippen molar-refractivity contribution in [1.82, 2.24) is 10.2 Å². The third-order valence-electron chi connectivity index (χ3n) is 3.53. The molecule has 1 N–H and O–H groups in total. The molecule has 0 aromatic heterocycles. The summed E-state index contributed by atoms with van der Waals surface area (Å²) in [4.78, 5) is 25.3. The Bertz CT molecular complexity index is 560. The van der Waals surface area contributed by atoms with Gasteiger partial charge in [-0.05, 0) is 38.0 Å². The molecule has 120 valence electrons. The van der Waals surface area contributed by atoms with Crippen molar-refractivity contribution in [1.29, 1.82) is 0 Å². The normalized spacial score (nSPS) is 15.5. The van der Waals surface area contributed by atoms with Crippen LogP contribution in [0.2, 0.25) is 0 Å². The molecule has 0 radical (unpaired) electrons. The minimum absolute atomic E-state index is 0.0159. The summed E-state index contributed by atoms with van der Waals surface area (Å²) in [5.74, 6) is -0.988. The maximum absolute atomic E-state index is 13.7. The molecule has 1 aromatic rings. The number of carbonyl (C=O) groups excluding carboxylic acids is 2. The molecule has 0 aliphatic carbocycles. The number of hydrogen-bond donors (Lipinski definition) is 1. The SMILES string of the molecule is CCOC(=O)N1CCC(NC(=O)c2cc(Br)ccc2F)CC1. The van der Waals surface area contributed by atoms with Gasteiger partial charge in [0.05, 0.1) is 12.2 Å². The second kappa shape index (κ2) is 7.58. The summed E-state index contributed by atoms with van der Waals surface area (Å²) in [5.41, 5.74) is 0.0159. The third kappa shape index (κ3) is 4.19. The molecule has 0 saturated carbocycles. The lowest BCUT2D eigenvalue weighted by molar-refractivity contribution is 0.0857. The van der Waals surface area contributed by atoms with Gasteiger partial charge in [-0.2, -0.15) is 0 Å². The minimum atomic E-state index is -0.551. The van der Waals surface area contributed by atoms with Crippen molar-refractivity contribution in [3.63, 3.8) is 0 Å². The van der Waals surface area contributed by atoms with Crippen LogP contribution >= 0.6 is 15.9 Å². The fourth-order valence-electron chi connectivity index (χ4n) is 2.36. The van der Waals surface area contributed by atoms with E-state index in [-0.39, 0.29) is 17.7 Å². The van der Waals surface area contributed by atoms with Gasteiger partial charge in [0.25, 0.3) is 5.91 Å². The van der Waals surface area contributed by atoms with Crippen molar-refractivity contribution in [2.45, 2.75) is 25.8 Å². The molecule has 0 bridgehead atoms. The molecule has 0 unspecified atom stereocenters. The smallest absolute Gasteiger partial charge is 0.409 e. The van der Waals surface area contributed by atoms with Crippen LogP contribution in [0.1, 0.15) is 30.1 Å². The number of hydrogen-bond acceptors (Lipinski definition) is 3. The van der Waals surface area contributed by atoms with E-state index in [1.807, 2.05) is 0 Å². The first-order valence-corrected chi connectivity index (χ1v) is 7.98. The average molecular weight is 373 g/mol. The zero-order chi connectivity index (χ0) is 16.1. The van der Waals surface area contributed by atoms with Crippen molar-refractivity contribution in [2.24, 2.45) is 0 Å². The van der Waals surface area contributed by atoms with Gasteiger partial charge in [-0.25, -0.2) is 9.18 Å². The van der Waals surface area contributed by atoms with Crippen LogP contribution in [-0.4, -0.2) is 42.6 Å². The van der Waals surface area contributed by atoms with E-state index in [4.69, 9.17) is 4.74 Å². The molecule has 7 heteroatoms. The Morgan fingerprint density at radius 3 is 2.73 bits per heavy atom. The van der Waals surface area contributed by atoms with Gasteiger partial charge in [-0.15, -0.1) is 0 Å². The fourth-order valence-corrected chi connectivity index (χ4v) is 2.72. The zero-order valence-electron chi connectivity index (χ0n) is 12.3. The van der Waals surface area contributed by atoms with Crippen molar-refractivity contribution < 1.29 is 18.7 Å². The molecule has 2 amide bonds. The number of nitrogens with zero attached hydrogens (tertiary/aromatic N) is 1. The summed E-state index contributed by atoms with van der Waals surface area (Å²) < 4.78 is 19.3. The molecule has 1 saturated heterocycles. The van der Waals surface area contributed by atoms with Gasteiger partial charge in [-0.1, -0.05) is 15.9 Å². The summed E-state index contributed by atoms with van der Waals surface area (Å²) in [6.07, 6.45) is 0.922. The van der Waals surface area contributed by atoms with E-state index in [0.717, 1.165) is 0 Å². The quantitative estimate of drug-likeness (QED) is 0.887. The second-order valence-electron chi connectivity index (χ2n) is 5.06. The monoisotopic (exact) mass is 372 g/mol. The van der Waals surface area contributed by atoms with Crippen molar-refractivity contribution in [3.05, 3.63) is 34.1 Å². The highest BCUT2D eigenvalue weighted by atomic mass is 79.9. The Labute approximate surface area is 136 Å². The average Bonchev–Trinajstić information content (AvgIpc) is 2.50. The topological polar surface area (TPSA) is 58.6 Å². The highest BCUT2D eigenvalue weighted by Gasteiger charge is 2.25. The lowest BCUT2D eigenvalue weighted by Gasteiger charge is -2.31. The van der Waals surface area contributed by atoms with E-state index in [1.54, 1.807) is 17.9 Å². The molecular formula is C15H18BrFN2O3. The van der Waals surface area contributed by atoms with E-state index in [0.29, 0.717) is 37.0 Å². The van der Waals surface area contributed by atoms with Crippen LogP contribution < -0.4 is 5.32 Å². The van der Waals surface area contributed by atoms with Crippen molar-refractivity contribution in [3.8, 4) is 0 Å². The van der Waals surface area contributed by atoms with Crippen LogP contribution in [0.4, 0.5) is 9.18 Å². The number of piperidine rings is 1. The molecule has 2 rings (SSSR count). The number of likely N-dealkylation sites (tertiary alicyclic amines) is 1. The van der Waals surface area contributed by atoms with Crippen LogP contribution in [0.3, 0.4) is 0 Å². The summed E-state index contributed by atoms with van der Waals surface area (Å²) >= 11 is 3.22. The van der Waals surface area contributed by atoms with Crippen LogP contribution in [0.15, 0.2) is 22.7 Å². The Kier molecular flexibility index (Phi) is 5.76. The molecule has 1 aliphatic rings. The largest absolute Gasteiger partial charge is 0.450 e. The zero-order valence-corrected chi connectivity index (χ0v) is 13.9. The Morgan fingerprint density at radius 2 is 2.09 bits per heavy atom. The van der Waals surface area contributed by atoms with Gasteiger partial charge >= 0.3 is 6.09 Å². The van der Waals surface area contributed by atoms with Crippen molar-refractivity contribution >= 4 is 27.9 Å². The number of carbonyl (C=O) groups is 2. The van der Waals surface area contributed by atoms with Gasteiger partial charge in [0.2, 0.25) is 0 Å². The fraction of sp³-hybridized carbons (Fsp3) is 0.467. The Morgan fingerprint density at radius 1 is 1.41 bits per heavy atom. The molecule has 22 heavy (non-hydrogen) atoms. The third-order valence-corrected chi connectivity index (χ3v) is 4.02. The second-order valence-corrected chi connectivity index (χ2v) is 5.97. The van der Waals surface area contributed by atoms with Gasteiger partial charge < -0.3 is 15.0 Å². The summed E-state index contributed by atoms with van der Waals surface area (Å²) in [6, 6.07) is 4.18. The first-order valence-electron chi connectivity index (χ1n) is 7.19. The number of amides is 2. The minimum Gasteiger partial charge on any atom is -0.450 e. The summed E-state index contributed by atoms with van der Waals surface area (Å²) in [7, 11) is 0. The van der Waals surface area contributed by atoms with Gasteiger partial charge in [0.1, 0.15) is 5.82 Å². The maximum atomic E-state index is 13.7. The number of rotatable bonds is 3. The van der Waals surface area contributed by atoms with E-state index in [2.05, 4.69) is 21.2 Å². The van der Waals surface area contributed by atoms with Gasteiger partial charge in [0, 0.05) is 23.6 Å². The van der Waals surface area contributed by atoms with Crippen molar-refractivity contribution in [2.75, 3.05) is 19.7 Å². The van der Waals surface area contributed by atoms with E-state index < -0.39 is 11.7 Å².